The van der Waals surface area contributed by atoms with Crippen LogP contribution < -0.4 is 5.56 Å². The highest BCUT2D eigenvalue weighted by Crippen LogP contribution is 2.21. The average Bonchev–Trinajstić information content (AvgIpc) is 2.90. The molecule has 0 radical (unpaired) electrons. The Kier molecular flexibility index (Phi) is 3.84. The van der Waals surface area contributed by atoms with Crippen LogP contribution in [0, 0.1) is 6.92 Å². The SMILES string of the molecule is CCc1c(C)[nH]c2nc(SCc3ccccc3)cn2c1=O. The lowest BCUT2D eigenvalue weighted by Crippen LogP contribution is -2.19. The van der Waals surface area contributed by atoms with E-state index in [1.165, 1.54) is 5.56 Å². The predicted molar refractivity (Wildman–Crippen MR) is 85.9 cm³/mol. The first kappa shape index (κ1) is 13.9. The first-order valence-corrected chi connectivity index (χ1v) is 7.95. The van der Waals surface area contributed by atoms with Crippen LogP contribution in [0.25, 0.3) is 5.78 Å². The van der Waals surface area contributed by atoms with Gasteiger partial charge in [-0.1, -0.05) is 37.3 Å². The van der Waals surface area contributed by atoms with Gasteiger partial charge in [0.05, 0.1) is 0 Å². The van der Waals surface area contributed by atoms with E-state index in [0.717, 1.165) is 28.5 Å². The highest BCUT2D eigenvalue weighted by Gasteiger charge is 2.10. The Morgan fingerprint density at radius 1 is 1.29 bits per heavy atom. The Morgan fingerprint density at radius 3 is 2.76 bits per heavy atom. The van der Waals surface area contributed by atoms with Gasteiger partial charge in [0.2, 0.25) is 5.78 Å². The number of H-pyrrole nitrogens is 1. The molecule has 0 bridgehead atoms. The summed E-state index contributed by atoms with van der Waals surface area (Å²) in [4.78, 5) is 20.1. The van der Waals surface area contributed by atoms with Crippen molar-refractivity contribution >= 4 is 17.5 Å². The number of aromatic nitrogens is 3. The molecule has 3 aromatic rings. The summed E-state index contributed by atoms with van der Waals surface area (Å²) in [5.41, 5.74) is 3.00. The van der Waals surface area contributed by atoms with Crippen LogP contribution >= 0.6 is 11.8 Å². The molecule has 2 heterocycles. The van der Waals surface area contributed by atoms with Crippen molar-refractivity contribution in [2.24, 2.45) is 0 Å². The fourth-order valence-electron chi connectivity index (χ4n) is 2.37. The van der Waals surface area contributed by atoms with Crippen molar-refractivity contribution in [1.82, 2.24) is 14.4 Å². The van der Waals surface area contributed by atoms with Gasteiger partial charge in [-0.05, 0) is 18.9 Å². The molecule has 0 aliphatic carbocycles. The van der Waals surface area contributed by atoms with Crippen LogP contribution in [-0.4, -0.2) is 14.4 Å². The summed E-state index contributed by atoms with van der Waals surface area (Å²) in [5.74, 6) is 1.46. The Balaban J connectivity index is 1.91. The van der Waals surface area contributed by atoms with Gasteiger partial charge in [0, 0.05) is 23.2 Å². The maximum Gasteiger partial charge on any atom is 0.262 e. The molecule has 108 valence electrons. The molecule has 2 aromatic heterocycles. The van der Waals surface area contributed by atoms with Crippen LogP contribution in [-0.2, 0) is 12.2 Å². The number of hydrogen-bond donors (Lipinski definition) is 1. The molecule has 5 heteroatoms. The van der Waals surface area contributed by atoms with Crippen molar-refractivity contribution < 1.29 is 0 Å². The van der Waals surface area contributed by atoms with Gasteiger partial charge in [-0.15, -0.1) is 11.8 Å². The first-order valence-electron chi connectivity index (χ1n) is 6.96. The molecule has 1 N–H and O–H groups in total. The van der Waals surface area contributed by atoms with Crippen LogP contribution in [0.5, 0.6) is 0 Å². The number of nitrogens with zero attached hydrogens (tertiary/aromatic N) is 2. The number of fused-ring (bicyclic) bond motifs is 1. The molecule has 4 nitrogen and oxygen atoms in total. The molecular formula is C16H17N3OS. The molecule has 0 spiro atoms. The molecule has 3 rings (SSSR count). The number of benzene rings is 1. The van der Waals surface area contributed by atoms with Crippen LogP contribution in [0.15, 0.2) is 46.3 Å². The lowest BCUT2D eigenvalue weighted by molar-refractivity contribution is 0.939. The van der Waals surface area contributed by atoms with Crippen molar-refractivity contribution in [3.63, 3.8) is 0 Å². The zero-order chi connectivity index (χ0) is 14.8. The average molecular weight is 299 g/mol. The van der Waals surface area contributed by atoms with Crippen molar-refractivity contribution in [2.75, 3.05) is 0 Å². The van der Waals surface area contributed by atoms with Gasteiger partial charge in [-0.25, -0.2) is 4.98 Å². The normalized spacial score (nSPS) is 11.1. The summed E-state index contributed by atoms with van der Waals surface area (Å²) in [6.45, 7) is 3.91. The Bertz CT molecular complexity index is 821. The predicted octanol–water partition coefficient (Wildman–Crippen LogP) is 3.19. The van der Waals surface area contributed by atoms with Crippen molar-refractivity contribution in [3.8, 4) is 0 Å². The van der Waals surface area contributed by atoms with Gasteiger partial charge < -0.3 is 4.98 Å². The molecule has 0 saturated carbocycles. The van der Waals surface area contributed by atoms with Gasteiger partial charge in [-0.3, -0.25) is 9.20 Å². The van der Waals surface area contributed by atoms with Gasteiger partial charge in [0.15, 0.2) is 0 Å². The highest BCUT2D eigenvalue weighted by molar-refractivity contribution is 7.98. The number of hydrogen-bond acceptors (Lipinski definition) is 3. The van der Waals surface area contributed by atoms with Crippen LogP contribution in [0.3, 0.4) is 0 Å². The first-order chi connectivity index (χ1) is 10.2. The lowest BCUT2D eigenvalue weighted by atomic mass is 10.2. The zero-order valence-corrected chi connectivity index (χ0v) is 12.9. The van der Waals surface area contributed by atoms with Gasteiger partial charge in [-0.2, -0.15) is 0 Å². The molecule has 0 atom stereocenters. The quantitative estimate of drug-likeness (QED) is 0.753. The fourth-order valence-corrected chi connectivity index (χ4v) is 3.21. The summed E-state index contributed by atoms with van der Waals surface area (Å²) in [5, 5.41) is 0.861. The van der Waals surface area contributed by atoms with E-state index < -0.39 is 0 Å². The van der Waals surface area contributed by atoms with E-state index in [0.29, 0.717) is 5.78 Å². The van der Waals surface area contributed by atoms with Crippen LogP contribution in [0.2, 0.25) is 0 Å². The lowest BCUT2D eigenvalue weighted by Gasteiger charge is -2.02. The molecule has 21 heavy (non-hydrogen) atoms. The van der Waals surface area contributed by atoms with E-state index in [4.69, 9.17) is 0 Å². The van der Waals surface area contributed by atoms with Gasteiger partial charge in [0.25, 0.3) is 5.56 Å². The number of rotatable bonds is 4. The Morgan fingerprint density at radius 2 is 2.05 bits per heavy atom. The third kappa shape index (κ3) is 2.74. The maximum absolute atomic E-state index is 12.4. The standard InChI is InChI=1S/C16H17N3OS/c1-3-13-11(2)17-16-18-14(9-19(16)15(13)20)21-10-12-7-5-4-6-8-12/h4-9H,3,10H2,1-2H3,(H,17,18). The number of nitrogens with one attached hydrogen (secondary N) is 1. The molecule has 0 saturated heterocycles. The van der Waals surface area contributed by atoms with E-state index in [1.54, 1.807) is 16.2 Å². The fraction of sp³-hybridized carbons (Fsp3) is 0.250. The van der Waals surface area contributed by atoms with E-state index in [2.05, 4.69) is 22.1 Å². The minimum atomic E-state index is 0.0304. The summed E-state index contributed by atoms with van der Waals surface area (Å²) in [6.07, 6.45) is 2.54. The smallest absolute Gasteiger partial charge is 0.262 e. The summed E-state index contributed by atoms with van der Waals surface area (Å²) < 4.78 is 1.61. The second kappa shape index (κ2) is 5.77. The monoisotopic (exact) mass is 299 g/mol. The molecular weight excluding hydrogens is 282 g/mol. The summed E-state index contributed by atoms with van der Waals surface area (Å²) in [6, 6.07) is 10.2. The van der Waals surface area contributed by atoms with Gasteiger partial charge in [0.1, 0.15) is 5.03 Å². The molecule has 0 aliphatic rings. The van der Waals surface area contributed by atoms with Crippen molar-refractivity contribution in [3.05, 3.63) is 63.7 Å². The molecule has 0 aliphatic heterocycles. The van der Waals surface area contributed by atoms with Crippen LogP contribution in [0.1, 0.15) is 23.7 Å². The van der Waals surface area contributed by atoms with Crippen molar-refractivity contribution in [1.29, 1.82) is 0 Å². The third-order valence-corrected chi connectivity index (χ3v) is 4.47. The molecule has 0 amide bonds. The summed E-state index contributed by atoms with van der Waals surface area (Å²) >= 11 is 1.64. The Labute approximate surface area is 127 Å². The minimum absolute atomic E-state index is 0.0304. The van der Waals surface area contributed by atoms with E-state index in [1.807, 2.05) is 38.2 Å². The number of aryl methyl sites for hydroxylation is 1. The van der Waals surface area contributed by atoms with Gasteiger partial charge >= 0.3 is 0 Å². The number of imidazole rings is 1. The minimum Gasteiger partial charge on any atom is -0.329 e. The van der Waals surface area contributed by atoms with Crippen molar-refractivity contribution in [2.45, 2.75) is 31.0 Å². The van der Waals surface area contributed by atoms with E-state index >= 15 is 0 Å². The second-order valence-electron chi connectivity index (χ2n) is 4.93. The summed E-state index contributed by atoms with van der Waals surface area (Å²) in [7, 11) is 0. The topological polar surface area (TPSA) is 50.2 Å². The number of aromatic amines is 1. The van der Waals surface area contributed by atoms with E-state index in [9.17, 15) is 4.79 Å². The largest absolute Gasteiger partial charge is 0.329 e. The Hall–Kier alpha value is -2.01. The number of thioether (sulfide) groups is 1. The molecule has 0 fully saturated rings. The zero-order valence-electron chi connectivity index (χ0n) is 12.1. The third-order valence-electron chi connectivity index (χ3n) is 3.50. The van der Waals surface area contributed by atoms with E-state index in [-0.39, 0.29) is 5.56 Å². The molecule has 1 aromatic carbocycles. The molecule has 0 unspecified atom stereocenters. The highest BCUT2D eigenvalue weighted by atomic mass is 32.2. The maximum atomic E-state index is 12.4. The second-order valence-corrected chi connectivity index (χ2v) is 5.93. The van der Waals surface area contributed by atoms with Crippen LogP contribution in [0.4, 0.5) is 0 Å².